The van der Waals surface area contributed by atoms with Crippen LogP contribution in [0.15, 0.2) is 0 Å². The molecule has 3 heteroatoms. The van der Waals surface area contributed by atoms with Crippen LogP contribution in [0.3, 0.4) is 0 Å². The zero-order valence-electron chi connectivity index (χ0n) is 1.65. The average Bonchev–Trinajstić information content (AvgIpc) is 0.918. The van der Waals surface area contributed by atoms with Crippen LogP contribution in [0, 0.1) is 0 Å². The molecule has 0 fully saturated rings. The minimum atomic E-state index is -0.770. The summed E-state index contributed by atoms with van der Waals surface area (Å²) in [5, 5.41) is 0. The summed E-state index contributed by atoms with van der Waals surface area (Å²) in [5.74, 6) is 0. The summed E-state index contributed by atoms with van der Waals surface area (Å²) in [6, 6.07) is 0. The molecule has 0 amide bonds. The molecule has 0 spiro atoms. The summed E-state index contributed by atoms with van der Waals surface area (Å²) in [6.07, 6.45) is 0. The Balaban J connectivity index is 0. The molecule has 0 unspecified atom stereocenters. The summed E-state index contributed by atoms with van der Waals surface area (Å²) >= 11 is -0.770. The Hall–Kier alpha value is 1.01. The third-order valence-electron chi connectivity index (χ3n) is 0. The Morgan fingerprint density at radius 2 is 1.25 bits per heavy atom. The Bertz CT molecular complexity index is 79.2. The van der Waals surface area contributed by atoms with Gasteiger partial charge in [-0.05, 0) is 0 Å². The van der Waals surface area contributed by atoms with Crippen molar-refractivity contribution in [3.8, 4) is 0 Å². The van der Waals surface area contributed by atoms with Crippen LogP contribution in [0.4, 0.5) is 0 Å². The van der Waals surface area contributed by atoms with Gasteiger partial charge in [-0.15, -0.1) is 0 Å². The first-order valence-electron chi connectivity index (χ1n) is 0.577. The Morgan fingerprint density at radius 1 is 1.25 bits per heavy atom. The second-order valence-electron chi connectivity index (χ2n) is 0.167. The van der Waals surface area contributed by atoms with Crippen molar-refractivity contribution in [2.45, 2.75) is 7.43 Å². The van der Waals surface area contributed by atoms with Gasteiger partial charge in [-0.3, -0.25) is 0 Å². The van der Waals surface area contributed by atoms with Gasteiger partial charge in [0.05, 0.1) is 0 Å². The topological polar surface area (TPSA) is 0 Å². The Labute approximate surface area is 38.4 Å². The number of hydrogen-bond donors (Lipinski definition) is 0. The molecular formula is CH4B2Zr. The van der Waals surface area contributed by atoms with Crippen molar-refractivity contribution in [2.24, 2.45) is 0 Å². The van der Waals surface area contributed by atoms with Gasteiger partial charge >= 0.3 is 30.8 Å². The molecule has 0 nitrogen and oxygen atoms in total. The van der Waals surface area contributed by atoms with Crippen molar-refractivity contribution in [3.63, 3.8) is 0 Å². The molecule has 0 heterocycles. The van der Waals surface area contributed by atoms with E-state index in [0.29, 0.717) is 0 Å². The fraction of sp³-hybridized carbons (Fsp3) is 1.00. The summed E-state index contributed by atoms with van der Waals surface area (Å²) in [6.45, 7) is 0. The molecule has 0 saturated carbocycles. The van der Waals surface area contributed by atoms with Crippen molar-refractivity contribution >= 4 is 9.45 Å². The van der Waals surface area contributed by atoms with E-state index in [1.807, 2.05) is 0 Å². The van der Waals surface area contributed by atoms with E-state index in [-0.39, 0.29) is 7.43 Å². The van der Waals surface area contributed by atoms with Crippen LogP contribution in [-0.4, -0.2) is 9.45 Å². The van der Waals surface area contributed by atoms with Crippen molar-refractivity contribution < 1.29 is 21.3 Å². The van der Waals surface area contributed by atoms with Crippen LogP contribution in [0.5, 0.6) is 0 Å². The van der Waals surface area contributed by atoms with Gasteiger partial charge in [-0.25, -0.2) is 0 Å². The Morgan fingerprint density at radius 3 is 1.25 bits per heavy atom. The van der Waals surface area contributed by atoms with Gasteiger partial charge in [0, 0.05) is 0 Å². The van der Waals surface area contributed by atoms with Crippen LogP contribution in [0.2, 0.25) is 0 Å². The van der Waals surface area contributed by atoms with Crippen LogP contribution in [0.25, 0.3) is 0 Å². The zero-order valence-corrected chi connectivity index (χ0v) is 4.11. The molecule has 0 aliphatic rings. The first kappa shape index (κ1) is 8.89. The van der Waals surface area contributed by atoms with Gasteiger partial charge < -0.3 is 0 Å². The molecule has 0 bridgehead atoms. The van der Waals surface area contributed by atoms with Crippen molar-refractivity contribution in [3.05, 3.63) is 0 Å². The van der Waals surface area contributed by atoms with Crippen molar-refractivity contribution in [1.29, 1.82) is 0 Å². The molecule has 0 aromatic carbocycles. The summed E-state index contributed by atoms with van der Waals surface area (Å²) < 4.78 is 9.59. The van der Waals surface area contributed by atoms with E-state index in [4.69, 9.17) is 9.45 Å². The molecule has 18 valence electrons. The molecule has 4 heavy (non-hydrogen) atoms. The third kappa shape index (κ3) is 11.9. The van der Waals surface area contributed by atoms with Crippen molar-refractivity contribution in [1.82, 2.24) is 0 Å². The molecule has 0 aliphatic carbocycles. The normalized spacial score (nSPS) is 6.00. The van der Waals surface area contributed by atoms with Crippen LogP contribution in [0.1, 0.15) is 7.43 Å². The van der Waals surface area contributed by atoms with Gasteiger partial charge in [0.25, 0.3) is 0 Å². The third-order valence-corrected chi connectivity index (χ3v) is 0. The van der Waals surface area contributed by atoms with E-state index in [9.17, 15) is 0 Å². The molecule has 0 rings (SSSR count). The predicted molar refractivity (Wildman–Crippen MR) is 18.2 cm³/mol. The molecular weight excluding hydrogens is 125 g/mol. The first-order valence-corrected chi connectivity index (χ1v) is 3.42. The average molecular weight is 129 g/mol. The molecule has 0 N–H and O–H groups in total. The van der Waals surface area contributed by atoms with E-state index in [1.54, 1.807) is 0 Å². The minimum absolute atomic E-state index is 0. The first-order chi connectivity index (χ1) is 1.41. The molecule has 0 aromatic heterocycles. The molecule has 0 aliphatic heterocycles. The molecule has 0 radical (unpaired) electrons. The number of rotatable bonds is 0. The summed E-state index contributed by atoms with van der Waals surface area (Å²) in [5.41, 5.74) is 0. The van der Waals surface area contributed by atoms with Gasteiger partial charge in [-0.1, -0.05) is 7.43 Å². The zero-order chi connectivity index (χ0) is 2.71. The second-order valence-corrected chi connectivity index (χ2v) is 0.986. The van der Waals surface area contributed by atoms with Gasteiger partial charge in [-0.2, -0.15) is 0 Å². The monoisotopic (exact) mass is 128 g/mol. The maximum absolute atomic E-state index is 4.80. The molecule has 0 saturated heterocycles. The van der Waals surface area contributed by atoms with Crippen molar-refractivity contribution in [2.75, 3.05) is 0 Å². The standard InChI is InChI=1S/CH4.2B.Zr/h1H4;;;. The number of hydrogen-bond acceptors (Lipinski definition) is 0. The van der Waals surface area contributed by atoms with Crippen LogP contribution < -0.4 is 0 Å². The molecule has 0 atom stereocenters. The quantitative estimate of drug-likeness (QED) is 0.399. The second kappa shape index (κ2) is 8.99. The van der Waals surface area contributed by atoms with Crippen LogP contribution >= 0.6 is 0 Å². The van der Waals surface area contributed by atoms with E-state index in [2.05, 4.69) is 0 Å². The van der Waals surface area contributed by atoms with Crippen LogP contribution in [-0.2, 0) is 21.3 Å². The maximum atomic E-state index is 4.80. The SMILES string of the molecule is C.[B]#[Zr]#[B]. The van der Waals surface area contributed by atoms with Gasteiger partial charge in [0.15, 0.2) is 0 Å². The van der Waals surface area contributed by atoms with E-state index < -0.39 is 21.3 Å². The van der Waals surface area contributed by atoms with Gasteiger partial charge in [0.2, 0.25) is 0 Å². The Kier molecular flexibility index (Phi) is 20.0. The summed E-state index contributed by atoms with van der Waals surface area (Å²) in [4.78, 5) is 0. The van der Waals surface area contributed by atoms with E-state index in [0.717, 1.165) is 0 Å². The van der Waals surface area contributed by atoms with E-state index in [1.165, 1.54) is 0 Å². The van der Waals surface area contributed by atoms with E-state index >= 15 is 0 Å². The summed E-state index contributed by atoms with van der Waals surface area (Å²) in [7, 11) is 0. The molecule has 0 aromatic rings. The fourth-order valence-corrected chi connectivity index (χ4v) is 0. The fourth-order valence-electron chi connectivity index (χ4n) is 0. The predicted octanol–water partition coefficient (Wildman–Crippen LogP) is -0.128. The van der Waals surface area contributed by atoms with Gasteiger partial charge in [0.1, 0.15) is 0 Å².